The summed E-state index contributed by atoms with van der Waals surface area (Å²) in [5.41, 5.74) is 0. The van der Waals surface area contributed by atoms with Crippen LogP contribution in [0, 0.1) is 0 Å². The van der Waals surface area contributed by atoms with E-state index in [2.05, 4.69) is 26.0 Å². The van der Waals surface area contributed by atoms with E-state index >= 15 is 0 Å². The Morgan fingerprint density at radius 3 is 1.57 bits per heavy atom. The molecular weight excluding hydrogens is 637 g/mol. The number of likely N-dealkylation sites (N-methyl/N-ethyl adjacent to an activating group) is 1. The smallest absolute Gasteiger partial charge is 0.472 e. The van der Waals surface area contributed by atoms with E-state index in [1.165, 1.54) is 109 Å². The summed E-state index contributed by atoms with van der Waals surface area (Å²) in [5, 5.41) is 0. The fourth-order valence-electron chi connectivity index (χ4n) is 5.35. The van der Waals surface area contributed by atoms with Gasteiger partial charge in [-0.25, -0.2) is 4.57 Å². The molecular formula is C40H79NO7P+. The summed E-state index contributed by atoms with van der Waals surface area (Å²) in [4.78, 5) is 22.6. The van der Waals surface area contributed by atoms with E-state index in [4.69, 9.17) is 18.5 Å². The van der Waals surface area contributed by atoms with Gasteiger partial charge in [-0.1, -0.05) is 135 Å². The van der Waals surface area contributed by atoms with Crippen molar-refractivity contribution >= 4 is 13.8 Å². The molecule has 0 bridgehead atoms. The maximum atomic E-state index is 12.4. The molecule has 0 aromatic carbocycles. The van der Waals surface area contributed by atoms with Crippen LogP contribution in [0.3, 0.4) is 0 Å². The Labute approximate surface area is 303 Å². The van der Waals surface area contributed by atoms with Crippen LogP contribution >= 0.6 is 7.82 Å². The van der Waals surface area contributed by atoms with E-state index < -0.39 is 13.9 Å². The predicted molar refractivity (Wildman–Crippen MR) is 206 cm³/mol. The van der Waals surface area contributed by atoms with Gasteiger partial charge < -0.3 is 18.9 Å². The highest BCUT2D eigenvalue weighted by molar-refractivity contribution is 7.47. The van der Waals surface area contributed by atoms with Crippen LogP contribution in [-0.4, -0.2) is 69.0 Å². The fraction of sp³-hybridized carbons (Fsp3) is 0.875. The number of phosphoric acid groups is 1. The molecule has 0 spiro atoms. The van der Waals surface area contributed by atoms with Crippen LogP contribution in [0.5, 0.6) is 0 Å². The Morgan fingerprint density at radius 2 is 1.08 bits per heavy atom. The Hall–Kier alpha value is -1.18. The average Bonchev–Trinajstić information content (AvgIpc) is 3.05. The number of hydrogen-bond donors (Lipinski definition) is 1. The van der Waals surface area contributed by atoms with Gasteiger partial charge in [0.25, 0.3) is 0 Å². The molecule has 0 aromatic rings. The number of quaternary nitrogens is 1. The van der Waals surface area contributed by atoms with Gasteiger partial charge in [0.05, 0.1) is 34.0 Å². The maximum absolute atomic E-state index is 12.4. The number of carbonyl (C=O) groups excluding carboxylic acids is 1. The molecule has 49 heavy (non-hydrogen) atoms. The maximum Gasteiger partial charge on any atom is 0.472 e. The molecule has 0 aromatic heterocycles. The molecule has 0 saturated heterocycles. The van der Waals surface area contributed by atoms with Gasteiger partial charge in [-0.05, 0) is 51.0 Å². The number of phosphoric ester groups is 1. The summed E-state index contributed by atoms with van der Waals surface area (Å²) in [6, 6.07) is 0. The highest BCUT2D eigenvalue weighted by Crippen LogP contribution is 2.43. The zero-order valence-electron chi connectivity index (χ0n) is 32.7. The van der Waals surface area contributed by atoms with Gasteiger partial charge in [0.1, 0.15) is 19.8 Å². The second kappa shape index (κ2) is 33.9. The first-order chi connectivity index (χ1) is 23.6. The second-order valence-corrected chi connectivity index (χ2v) is 16.2. The molecule has 0 aliphatic carbocycles. The third-order valence-corrected chi connectivity index (χ3v) is 9.59. The Balaban J connectivity index is 4.34. The lowest BCUT2D eigenvalue weighted by atomic mass is 10.1. The van der Waals surface area contributed by atoms with Gasteiger partial charge >= 0.3 is 13.8 Å². The number of esters is 1. The van der Waals surface area contributed by atoms with E-state index in [0.29, 0.717) is 17.4 Å². The van der Waals surface area contributed by atoms with E-state index in [0.717, 1.165) is 44.9 Å². The molecule has 8 nitrogen and oxygen atoms in total. The lowest BCUT2D eigenvalue weighted by Gasteiger charge is -2.24. The third-order valence-electron chi connectivity index (χ3n) is 8.60. The number of nitrogens with zero attached hydrogens (tertiary/aromatic N) is 1. The first-order valence-corrected chi connectivity index (χ1v) is 21.6. The van der Waals surface area contributed by atoms with Crippen LogP contribution in [0.25, 0.3) is 0 Å². The number of rotatable bonds is 37. The minimum absolute atomic E-state index is 0.0491. The molecule has 0 fully saturated rings. The van der Waals surface area contributed by atoms with Gasteiger partial charge in [0, 0.05) is 6.42 Å². The molecule has 2 atom stereocenters. The topological polar surface area (TPSA) is 91.3 Å². The molecule has 290 valence electrons. The third kappa shape index (κ3) is 37.9. The molecule has 9 heteroatoms. The molecule has 0 heterocycles. The first kappa shape index (κ1) is 47.8. The standard InChI is InChI=1S/C40H78NO7P/c1-6-8-10-12-14-16-18-19-20-21-22-24-26-28-30-32-35-45-39(38-48-49(43,44)47-36-34-41(3,4)5)37-46-40(42)33-31-29-27-25-23-17-15-13-11-9-7-2/h19-20,32,35,39H,6-18,21-31,33-34,36-38H2,1-5H3/p+1/b20-19-,35-32-. The molecule has 1 N–H and O–H groups in total. The number of carbonyl (C=O) groups is 1. The predicted octanol–water partition coefficient (Wildman–Crippen LogP) is 11.6. The van der Waals surface area contributed by atoms with Gasteiger partial charge in [-0.2, -0.15) is 0 Å². The van der Waals surface area contributed by atoms with Crippen molar-refractivity contribution in [2.75, 3.05) is 47.5 Å². The number of unbranched alkanes of at least 4 members (excludes halogenated alkanes) is 21. The molecule has 2 unspecified atom stereocenters. The summed E-state index contributed by atoms with van der Waals surface area (Å²) >= 11 is 0. The van der Waals surface area contributed by atoms with Crippen LogP contribution in [0.2, 0.25) is 0 Å². The molecule has 0 aliphatic heterocycles. The average molecular weight is 717 g/mol. The quantitative estimate of drug-likeness (QED) is 0.0171. The molecule has 0 amide bonds. The zero-order valence-corrected chi connectivity index (χ0v) is 33.6. The van der Waals surface area contributed by atoms with Gasteiger partial charge in [-0.3, -0.25) is 13.8 Å². The van der Waals surface area contributed by atoms with Crippen LogP contribution in [0.15, 0.2) is 24.5 Å². The highest BCUT2D eigenvalue weighted by Gasteiger charge is 2.25. The van der Waals surface area contributed by atoms with Crippen LogP contribution in [-0.2, 0) is 27.9 Å². The minimum atomic E-state index is -4.26. The van der Waals surface area contributed by atoms with Gasteiger partial charge in [0.2, 0.25) is 0 Å². The zero-order chi connectivity index (χ0) is 36.3. The normalized spacial score (nSPS) is 14.1. The fourth-order valence-corrected chi connectivity index (χ4v) is 6.10. The molecule has 0 aliphatic rings. The Bertz CT molecular complexity index is 843. The van der Waals surface area contributed by atoms with Crippen molar-refractivity contribution in [3.8, 4) is 0 Å². The van der Waals surface area contributed by atoms with Crippen molar-refractivity contribution < 1.29 is 37.3 Å². The highest BCUT2D eigenvalue weighted by atomic mass is 31.2. The minimum Gasteiger partial charge on any atom is -0.492 e. The lowest BCUT2D eigenvalue weighted by molar-refractivity contribution is -0.870. The van der Waals surface area contributed by atoms with Crippen molar-refractivity contribution in [3.63, 3.8) is 0 Å². The van der Waals surface area contributed by atoms with E-state index in [9.17, 15) is 14.3 Å². The summed E-state index contributed by atoms with van der Waals surface area (Å²) in [6.07, 6.45) is 37.3. The van der Waals surface area contributed by atoms with Crippen molar-refractivity contribution in [1.29, 1.82) is 0 Å². The first-order valence-electron chi connectivity index (χ1n) is 20.1. The van der Waals surface area contributed by atoms with Gasteiger partial charge in [0.15, 0.2) is 6.10 Å². The number of allylic oxidation sites excluding steroid dienone is 3. The summed E-state index contributed by atoms with van der Waals surface area (Å²) < 4.78 is 34.6. The molecule has 0 saturated carbocycles. The van der Waals surface area contributed by atoms with E-state index in [1.54, 1.807) is 6.26 Å². The lowest BCUT2D eigenvalue weighted by Crippen LogP contribution is -2.37. The monoisotopic (exact) mass is 717 g/mol. The summed E-state index contributed by atoms with van der Waals surface area (Å²) in [5.74, 6) is -0.280. The number of ether oxygens (including phenoxy) is 2. The van der Waals surface area contributed by atoms with Crippen molar-refractivity contribution in [2.24, 2.45) is 0 Å². The SMILES string of the molecule is CCCCCCCC/C=C\CCCCCC/C=C\OC(COC(=O)CCCCCCCCCCCCC)COP(=O)(O)OCC[N+](C)(C)C. The number of hydrogen-bond acceptors (Lipinski definition) is 6. The Kier molecular flexibility index (Phi) is 33.1. The van der Waals surface area contributed by atoms with Crippen LogP contribution < -0.4 is 0 Å². The van der Waals surface area contributed by atoms with Crippen LogP contribution in [0.4, 0.5) is 0 Å². The molecule has 0 rings (SSSR count). The van der Waals surface area contributed by atoms with Crippen molar-refractivity contribution in [2.45, 2.75) is 180 Å². The van der Waals surface area contributed by atoms with Crippen LogP contribution in [0.1, 0.15) is 174 Å². The van der Waals surface area contributed by atoms with Crippen molar-refractivity contribution in [1.82, 2.24) is 0 Å². The Morgan fingerprint density at radius 1 is 0.633 bits per heavy atom. The summed E-state index contributed by atoms with van der Waals surface area (Å²) in [6.45, 7) is 4.88. The second-order valence-electron chi connectivity index (χ2n) is 14.7. The van der Waals surface area contributed by atoms with Crippen molar-refractivity contribution in [3.05, 3.63) is 24.5 Å². The largest absolute Gasteiger partial charge is 0.492 e. The van der Waals surface area contributed by atoms with E-state index in [1.807, 2.05) is 27.2 Å². The summed E-state index contributed by atoms with van der Waals surface area (Å²) in [7, 11) is 1.67. The van der Waals surface area contributed by atoms with Gasteiger partial charge in [-0.15, -0.1) is 0 Å². The molecule has 0 radical (unpaired) electrons. The van der Waals surface area contributed by atoms with E-state index in [-0.39, 0.29) is 25.8 Å².